The maximum Gasteiger partial charge on any atom is 0.243 e. The summed E-state index contributed by atoms with van der Waals surface area (Å²) < 4.78 is 38.3. The number of methoxy groups -OCH3 is 1. The number of rotatable bonds is 5. The van der Waals surface area contributed by atoms with E-state index in [2.05, 4.69) is 5.32 Å². The second kappa shape index (κ2) is 8.04. The van der Waals surface area contributed by atoms with Gasteiger partial charge in [-0.15, -0.1) is 0 Å². The van der Waals surface area contributed by atoms with Crippen molar-refractivity contribution in [2.24, 2.45) is 0 Å². The minimum Gasteiger partial charge on any atom is -0.497 e. The van der Waals surface area contributed by atoms with Crippen molar-refractivity contribution in [3.05, 3.63) is 54.1 Å². The van der Waals surface area contributed by atoms with Crippen LogP contribution in [0.4, 0.5) is 0 Å². The Morgan fingerprint density at radius 2 is 1.90 bits per heavy atom. The Hall–Kier alpha value is -2.58. The first-order valence-corrected chi connectivity index (χ1v) is 11.1. The zero-order valence-corrected chi connectivity index (χ0v) is 17.0. The third-order valence-electron chi connectivity index (χ3n) is 5.45. The molecule has 0 aromatic heterocycles. The van der Waals surface area contributed by atoms with Crippen LogP contribution < -0.4 is 14.8 Å². The first kappa shape index (κ1) is 19.7. The van der Waals surface area contributed by atoms with Gasteiger partial charge in [-0.3, -0.25) is 4.79 Å². The van der Waals surface area contributed by atoms with Crippen molar-refractivity contribution in [2.45, 2.75) is 36.2 Å². The SMILES string of the molecule is COc1ccc(S(=O)(=O)N2CCC[C@H]2C(=O)N[C@H]2CCOc3ccccc32)cc1. The molecule has 0 spiro atoms. The molecule has 0 saturated carbocycles. The van der Waals surface area contributed by atoms with E-state index in [1.54, 1.807) is 12.1 Å². The highest BCUT2D eigenvalue weighted by Gasteiger charge is 2.40. The Morgan fingerprint density at radius 1 is 1.14 bits per heavy atom. The van der Waals surface area contributed by atoms with Gasteiger partial charge in [-0.25, -0.2) is 8.42 Å². The van der Waals surface area contributed by atoms with E-state index < -0.39 is 16.1 Å². The summed E-state index contributed by atoms with van der Waals surface area (Å²) in [6.45, 7) is 0.845. The van der Waals surface area contributed by atoms with Gasteiger partial charge < -0.3 is 14.8 Å². The van der Waals surface area contributed by atoms with Gasteiger partial charge >= 0.3 is 0 Å². The van der Waals surface area contributed by atoms with Crippen LogP contribution in [0.3, 0.4) is 0 Å². The number of para-hydroxylation sites is 1. The maximum absolute atomic E-state index is 13.1. The standard InChI is InChI=1S/C21H24N2O5S/c1-27-15-8-10-16(11-9-15)29(25,26)23-13-4-6-19(23)21(24)22-18-12-14-28-20-7-3-2-5-17(18)20/h2-3,5,7-11,18-19H,4,6,12-14H2,1H3,(H,22,24)/t18-,19-/m0/s1. The second-order valence-electron chi connectivity index (χ2n) is 7.19. The number of carbonyl (C=O) groups excluding carboxylic acids is 1. The highest BCUT2D eigenvalue weighted by Crippen LogP contribution is 2.33. The van der Waals surface area contributed by atoms with Crippen molar-refractivity contribution in [3.8, 4) is 11.5 Å². The van der Waals surface area contributed by atoms with Crippen LogP contribution in [0.15, 0.2) is 53.4 Å². The second-order valence-corrected chi connectivity index (χ2v) is 9.08. The van der Waals surface area contributed by atoms with Crippen LogP contribution in [0, 0.1) is 0 Å². The van der Waals surface area contributed by atoms with E-state index in [0.29, 0.717) is 38.2 Å². The highest BCUT2D eigenvalue weighted by molar-refractivity contribution is 7.89. The summed E-state index contributed by atoms with van der Waals surface area (Å²) in [5, 5.41) is 3.04. The molecule has 0 bridgehead atoms. The number of nitrogens with zero attached hydrogens (tertiary/aromatic N) is 1. The van der Waals surface area contributed by atoms with Crippen LogP contribution in [-0.4, -0.2) is 44.9 Å². The lowest BCUT2D eigenvalue weighted by molar-refractivity contribution is -0.125. The average molecular weight is 416 g/mol. The zero-order valence-electron chi connectivity index (χ0n) is 16.2. The minimum atomic E-state index is -3.77. The van der Waals surface area contributed by atoms with Gasteiger partial charge in [0.1, 0.15) is 17.5 Å². The first-order valence-electron chi connectivity index (χ1n) is 9.68. The lowest BCUT2D eigenvalue weighted by Crippen LogP contribution is -2.47. The number of nitrogens with one attached hydrogen (secondary N) is 1. The average Bonchev–Trinajstić information content (AvgIpc) is 3.25. The lowest BCUT2D eigenvalue weighted by Gasteiger charge is -2.29. The molecular weight excluding hydrogens is 392 g/mol. The van der Waals surface area contributed by atoms with Crippen molar-refractivity contribution in [2.75, 3.05) is 20.3 Å². The van der Waals surface area contributed by atoms with Crippen molar-refractivity contribution >= 4 is 15.9 Å². The lowest BCUT2D eigenvalue weighted by atomic mass is 10.00. The van der Waals surface area contributed by atoms with E-state index >= 15 is 0 Å². The van der Waals surface area contributed by atoms with Gasteiger partial charge in [-0.2, -0.15) is 4.31 Å². The smallest absolute Gasteiger partial charge is 0.243 e. The van der Waals surface area contributed by atoms with Crippen molar-refractivity contribution in [1.82, 2.24) is 9.62 Å². The van der Waals surface area contributed by atoms with Crippen LogP contribution in [-0.2, 0) is 14.8 Å². The molecule has 2 aromatic carbocycles. The Balaban J connectivity index is 1.53. The predicted molar refractivity (Wildman–Crippen MR) is 107 cm³/mol. The number of sulfonamides is 1. The van der Waals surface area contributed by atoms with Crippen LogP contribution >= 0.6 is 0 Å². The third-order valence-corrected chi connectivity index (χ3v) is 7.37. The monoisotopic (exact) mass is 416 g/mol. The van der Waals surface area contributed by atoms with Crippen LogP contribution in [0.1, 0.15) is 30.9 Å². The molecule has 0 radical (unpaired) electrons. The van der Waals surface area contributed by atoms with E-state index in [1.807, 2.05) is 24.3 Å². The molecule has 7 nitrogen and oxygen atoms in total. The molecule has 2 aliphatic heterocycles. The Morgan fingerprint density at radius 3 is 2.66 bits per heavy atom. The quantitative estimate of drug-likeness (QED) is 0.810. The molecule has 2 aromatic rings. The van der Waals surface area contributed by atoms with Gasteiger partial charge in [0.15, 0.2) is 0 Å². The Labute approximate surface area is 170 Å². The Bertz CT molecular complexity index is 990. The molecule has 2 aliphatic rings. The molecule has 1 N–H and O–H groups in total. The molecule has 0 unspecified atom stereocenters. The third kappa shape index (κ3) is 3.82. The molecule has 4 rings (SSSR count). The van der Waals surface area contributed by atoms with E-state index in [4.69, 9.17) is 9.47 Å². The number of carbonyl (C=O) groups is 1. The van der Waals surface area contributed by atoms with E-state index in [1.165, 1.54) is 23.5 Å². The number of hydrogen-bond acceptors (Lipinski definition) is 5. The molecule has 2 atom stereocenters. The topological polar surface area (TPSA) is 84.9 Å². The number of benzene rings is 2. The van der Waals surface area contributed by atoms with E-state index in [0.717, 1.165) is 11.3 Å². The van der Waals surface area contributed by atoms with Gasteiger partial charge in [0, 0.05) is 18.5 Å². The van der Waals surface area contributed by atoms with Crippen molar-refractivity contribution in [1.29, 1.82) is 0 Å². The molecule has 1 saturated heterocycles. The summed E-state index contributed by atoms with van der Waals surface area (Å²) in [5.74, 6) is 1.08. The summed E-state index contributed by atoms with van der Waals surface area (Å²) in [5.41, 5.74) is 0.926. The maximum atomic E-state index is 13.1. The summed E-state index contributed by atoms with van der Waals surface area (Å²) >= 11 is 0. The largest absolute Gasteiger partial charge is 0.497 e. The molecule has 29 heavy (non-hydrogen) atoms. The van der Waals surface area contributed by atoms with E-state index in [9.17, 15) is 13.2 Å². The number of ether oxygens (including phenoxy) is 2. The zero-order chi connectivity index (χ0) is 20.4. The van der Waals surface area contributed by atoms with Gasteiger partial charge in [-0.05, 0) is 43.2 Å². The number of hydrogen-bond donors (Lipinski definition) is 1. The van der Waals surface area contributed by atoms with Gasteiger partial charge in [0.05, 0.1) is 24.7 Å². The summed E-state index contributed by atoms with van der Waals surface area (Å²) in [7, 11) is -2.24. The van der Waals surface area contributed by atoms with Gasteiger partial charge in [-0.1, -0.05) is 18.2 Å². The Kier molecular flexibility index (Phi) is 5.47. The van der Waals surface area contributed by atoms with Crippen LogP contribution in [0.5, 0.6) is 11.5 Å². The summed E-state index contributed by atoms with van der Waals surface area (Å²) in [6.07, 6.45) is 1.81. The molecule has 1 amide bonds. The first-order chi connectivity index (χ1) is 14.0. The molecule has 154 valence electrons. The molecule has 2 heterocycles. The van der Waals surface area contributed by atoms with Crippen molar-refractivity contribution in [3.63, 3.8) is 0 Å². The fourth-order valence-corrected chi connectivity index (χ4v) is 5.59. The van der Waals surface area contributed by atoms with Crippen molar-refractivity contribution < 1.29 is 22.7 Å². The van der Waals surface area contributed by atoms with Crippen LogP contribution in [0.2, 0.25) is 0 Å². The van der Waals surface area contributed by atoms with Crippen LogP contribution in [0.25, 0.3) is 0 Å². The molecular formula is C21H24N2O5S. The molecule has 0 aliphatic carbocycles. The minimum absolute atomic E-state index is 0.161. The fourth-order valence-electron chi connectivity index (χ4n) is 3.93. The van der Waals surface area contributed by atoms with E-state index in [-0.39, 0.29) is 16.8 Å². The highest BCUT2D eigenvalue weighted by atomic mass is 32.2. The molecule has 8 heteroatoms. The number of amides is 1. The summed E-state index contributed by atoms with van der Waals surface area (Å²) in [4.78, 5) is 13.2. The predicted octanol–water partition coefficient (Wildman–Crippen LogP) is 2.49. The normalized spacial score (nSPS) is 21.8. The summed E-state index contributed by atoms with van der Waals surface area (Å²) in [6, 6.07) is 13.0. The molecule has 1 fully saturated rings. The van der Waals surface area contributed by atoms with Gasteiger partial charge in [0.2, 0.25) is 15.9 Å². The number of fused-ring (bicyclic) bond motifs is 1. The fraction of sp³-hybridized carbons (Fsp3) is 0.381. The van der Waals surface area contributed by atoms with Gasteiger partial charge in [0.25, 0.3) is 0 Å².